The maximum atomic E-state index is 13.9. The molecule has 1 aliphatic rings. The summed E-state index contributed by atoms with van der Waals surface area (Å²) in [6.45, 7) is 2.94. The molecule has 1 aliphatic heterocycles. The van der Waals surface area contributed by atoms with Crippen molar-refractivity contribution in [2.45, 2.75) is 6.43 Å². The normalized spacial score (nSPS) is 14.7. The molecule has 1 N–H and O–H groups in total. The van der Waals surface area contributed by atoms with Crippen LogP contribution in [0, 0.1) is 11.9 Å². The van der Waals surface area contributed by atoms with Crippen LogP contribution in [0.25, 0.3) is 5.70 Å². The summed E-state index contributed by atoms with van der Waals surface area (Å²) in [4.78, 5) is 1.10. The molecule has 0 amide bonds. The number of rotatable bonds is 3. The first kappa shape index (κ1) is 18.3. The van der Waals surface area contributed by atoms with Gasteiger partial charge in [0.1, 0.15) is 5.75 Å². The molecule has 1 heterocycles. The molecule has 0 saturated heterocycles. The van der Waals surface area contributed by atoms with Gasteiger partial charge in [0.25, 0.3) is 6.43 Å². The second-order valence-electron chi connectivity index (χ2n) is 4.10. The number of phenolic OH excluding ortho intramolecular Hbond substituents is 1. The van der Waals surface area contributed by atoms with Crippen LogP contribution in [-0.2, 0) is 32.7 Å². The van der Waals surface area contributed by atoms with E-state index in [0.29, 0.717) is 0 Å². The van der Waals surface area contributed by atoms with E-state index in [4.69, 9.17) is 11.6 Å². The number of hydrogen-bond acceptors (Lipinski definition) is 2. The molecule has 0 bridgehead atoms. The maximum absolute atomic E-state index is 13.9. The van der Waals surface area contributed by atoms with E-state index >= 15 is 0 Å². The van der Waals surface area contributed by atoms with Gasteiger partial charge in [-0.2, -0.15) is 23.8 Å². The molecule has 7 heteroatoms. The summed E-state index contributed by atoms with van der Waals surface area (Å²) in [7, 11) is 0. The molecule has 1 aromatic rings. The molecule has 0 fully saturated rings. The SMILES string of the molecule is C=C1C(Cl)=C[C-]=C(c2ccc(O)cc2F)N1CC(F)F.[Y]. The Hall–Kier alpha value is -0.776. The summed E-state index contributed by atoms with van der Waals surface area (Å²) in [6.07, 6.45) is 1.36. The molecule has 109 valence electrons. The first-order valence-corrected chi connectivity index (χ1v) is 6.01. The molecule has 0 atom stereocenters. The van der Waals surface area contributed by atoms with Crippen LogP contribution in [0.3, 0.4) is 0 Å². The summed E-state index contributed by atoms with van der Waals surface area (Å²) >= 11 is 5.83. The first-order valence-electron chi connectivity index (χ1n) is 5.63. The Balaban J connectivity index is 0.00000220. The number of aromatic hydroxyl groups is 1. The van der Waals surface area contributed by atoms with E-state index in [1.54, 1.807) is 0 Å². The minimum atomic E-state index is -2.65. The molecule has 0 saturated carbocycles. The Morgan fingerprint density at radius 2 is 2.05 bits per heavy atom. The molecule has 2 nitrogen and oxygen atoms in total. The fourth-order valence-electron chi connectivity index (χ4n) is 1.82. The first-order chi connectivity index (χ1) is 9.40. The Labute approximate surface area is 150 Å². The van der Waals surface area contributed by atoms with Crippen molar-refractivity contribution >= 4 is 17.3 Å². The van der Waals surface area contributed by atoms with Gasteiger partial charge < -0.3 is 10.0 Å². The molecule has 0 spiro atoms. The maximum Gasteiger partial charge on any atom is 0.256 e. The van der Waals surface area contributed by atoms with Gasteiger partial charge in [-0.15, -0.1) is 6.07 Å². The van der Waals surface area contributed by atoms with Crippen molar-refractivity contribution in [1.29, 1.82) is 0 Å². The third kappa shape index (κ3) is 4.12. The predicted molar refractivity (Wildman–Crippen MR) is 70.5 cm³/mol. The van der Waals surface area contributed by atoms with Crippen LogP contribution in [0.1, 0.15) is 5.56 Å². The van der Waals surface area contributed by atoms with E-state index in [9.17, 15) is 18.3 Å². The van der Waals surface area contributed by atoms with Crippen molar-refractivity contribution in [2.75, 3.05) is 6.54 Å². The van der Waals surface area contributed by atoms with E-state index in [0.717, 1.165) is 11.0 Å². The molecule has 21 heavy (non-hydrogen) atoms. The third-order valence-electron chi connectivity index (χ3n) is 2.74. The Morgan fingerprint density at radius 1 is 1.38 bits per heavy atom. The average Bonchev–Trinajstić information content (AvgIpc) is 2.36. The molecule has 1 radical (unpaired) electrons. The summed E-state index contributed by atoms with van der Waals surface area (Å²) in [5, 5.41) is 9.35. The minimum Gasteiger partial charge on any atom is -0.508 e. The number of allylic oxidation sites excluding steroid dienone is 3. The number of phenols is 1. The van der Waals surface area contributed by atoms with Crippen LogP contribution in [-0.4, -0.2) is 23.0 Å². The van der Waals surface area contributed by atoms with Crippen molar-refractivity contribution in [1.82, 2.24) is 4.90 Å². The zero-order valence-electron chi connectivity index (χ0n) is 10.8. The van der Waals surface area contributed by atoms with Gasteiger partial charge in [0.05, 0.1) is 12.4 Å². The summed E-state index contributed by atoms with van der Waals surface area (Å²) in [5.41, 5.74) is 0.274. The molecule has 0 aromatic heterocycles. The van der Waals surface area contributed by atoms with Crippen LogP contribution >= 0.6 is 11.6 Å². The van der Waals surface area contributed by atoms with Gasteiger partial charge in [0.15, 0.2) is 0 Å². The van der Waals surface area contributed by atoms with Gasteiger partial charge in [-0.1, -0.05) is 17.8 Å². The number of halogens is 4. The summed E-state index contributed by atoms with van der Waals surface area (Å²) in [6, 6.07) is 3.44. The molecular formula is C14H10ClF3NOY-. The topological polar surface area (TPSA) is 23.5 Å². The van der Waals surface area contributed by atoms with Crippen molar-refractivity contribution < 1.29 is 51.0 Å². The Bertz CT molecular complexity index is 616. The van der Waals surface area contributed by atoms with E-state index < -0.39 is 18.8 Å². The molecule has 1 aromatic carbocycles. The van der Waals surface area contributed by atoms with Gasteiger partial charge in [-0.05, 0) is 16.8 Å². The van der Waals surface area contributed by atoms with E-state index in [-0.39, 0.29) is 60.4 Å². The van der Waals surface area contributed by atoms with Crippen molar-refractivity contribution in [3.8, 4) is 5.75 Å². The molecule has 2 rings (SSSR count). The zero-order chi connectivity index (χ0) is 14.9. The van der Waals surface area contributed by atoms with Crippen LogP contribution in [0.2, 0.25) is 0 Å². The second kappa shape index (κ2) is 7.48. The van der Waals surface area contributed by atoms with Crippen LogP contribution in [0.5, 0.6) is 5.75 Å². The summed E-state index contributed by atoms with van der Waals surface area (Å²) in [5.74, 6) is -0.999. The Morgan fingerprint density at radius 3 is 2.62 bits per heavy atom. The molecule has 0 aliphatic carbocycles. The smallest absolute Gasteiger partial charge is 0.256 e. The van der Waals surface area contributed by atoms with Gasteiger partial charge in [0, 0.05) is 38.8 Å². The Kier molecular flexibility index (Phi) is 6.50. The minimum absolute atomic E-state index is 0. The number of benzene rings is 1. The summed E-state index contributed by atoms with van der Waals surface area (Å²) < 4.78 is 39.2. The zero-order valence-corrected chi connectivity index (χ0v) is 14.4. The van der Waals surface area contributed by atoms with Crippen LogP contribution in [0.15, 0.2) is 41.6 Å². The average molecular weight is 390 g/mol. The van der Waals surface area contributed by atoms with Gasteiger partial charge >= 0.3 is 0 Å². The van der Waals surface area contributed by atoms with E-state index in [2.05, 4.69) is 12.7 Å². The van der Waals surface area contributed by atoms with Crippen LogP contribution < -0.4 is 0 Å². The monoisotopic (exact) mass is 389 g/mol. The van der Waals surface area contributed by atoms with Crippen molar-refractivity contribution in [3.05, 3.63) is 59.0 Å². The molecule has 0 unspecified atom stereocenters. The number of hydrogen-bond donors (Lipinski definition) is 1. The fraction of sp³-hybridized carbons (Fsp3) is 0.143. The van der Waals surface area contributed by atoms with E-state index in [1.165, 1.54) is 18.2 Å². The van der Waals surface area contributed by atoms with Gasteiger partial charge in [-0.3, -0.25) is 0 Å². The van der Waals surface area contributed by atoms with Crippen LogP contribution in [0.4, 0.5) is 13.2 Å². The molecular weight excluding hydrogens is 380 g/mol. The predicted octanol–water partition coefficient (Wildman–Crippen LogP) is 3.89. The van der Waals surface area contributed by atoms with Crippen molar-refractivity contribution in [3.63, 3.8) is 0 Å². The van der Waals surface area contributed by atoms with Gasteiger partial charge in [-0.25, -0.2) is 13.2 Å². The van der Waals surface area contributed by atoms with E-state index in [1.807, 2.05) is 0 Å². The third-order valence-corrected chi connectivity index (χ3v) is 3.06. The standard InChI is InChI=1S/C14H10ClF3NO.Y/c1-8-11(15)4-5-13(19(8)7-14(17)18)10-3-2-9(20)6-12(10)16;/h2-4,6,14,20H,1,7H2;/q-1;. The number of alkyl halides is 2. The second-order valence-corrected chi connectivity index (χ2v) is 4.50. The quantitative estimate of drug-likeness (QED) is 0.793. The largest absolute Gasteiger partial charge is 0.508 e. The van der Waals surface area contributed by atoms with Gasteiger partial charge in [0.2, 0.25) is 0 Å². The number of nitrogens with zero attached hydrogens (tertiary/aromatic N) is 1. The van der Waals surface area contributed by atoms with Crippen molar-refractivity contribution in [2.24, 2.45) is 0 Å². The fourth-order valence-corrected chi connectivity index (χ4v) is 1.97.